The molecule has 0 heterocycles. The number of fused-ring (bicyclic) bond motifs is 6. The molecule has 2 nitrogen and oxygen atoms in total. The number of hydrogen-bond acceptors (Lipinski definition) is 2. The van der Waals surface area contributed by atoms with Gasteiger partial charge in [0, 0.05) is 0 Å². The first-order valence-electron chi connectivity index (χ1n) is 15.1. The van der Waals surface area contributed by atoms with Crippen molar-refractivity contribution in [2.75, 3.05) is 0 Å². The van der Waals surface area contributed by atoms with Gasteiger partial charge in [0.05, 0.1) is 0 Å². The van der Waals surface area contributed by atoms with Crippen LogP contribution in [-0.4, -0.2) is 19.2 Å². The quantitative estimate of drug-likeness (QED) is 0.151. The van der Waals surface area contributed by atoms with Gasteiger partial charge in [-0.15, -0.1) is 0 Å². The van der Waals surface area contributed by atoms with E-state index in [1.54, 1.807) is 0 Å². The van der Waals surface area contributed by atoms with E-state index in [0.29, 0.717) is 13.2 Å². The van der Waals surface area contributed by atoms with E-state index in [-0.39, 0.29) is 7.87 Å². The van der Waals surface area contributed by atoms with Crippen molar-refractivity contribution in [3.8, 4) is 22.3 Å². The summed E-state index contributed by atoms with van der Waals surface area (Å²) < 4.78 is 15.3. The standard InChI is InChI=1S/2C13H9.2C7H7O.Sn/c2*1-3-7-12-10(5-1)9-11-6-2-4-8-13(11)12;2*8-6-7-4-2-1-3-5-7;/h2*1-9H;2*1-5H,6H2;/q;;2*-1;+2. The zero-order valence-electron chi connectivity index (χ0n) is 23.9. The molecule has 2 aliphatic rings. The molecule has 2 aliphatic carbocycles. The molecule has 0 amide bonds. The van der Waals surface area contributed by atoms with Gasteiger partial charge in [-0.3, -0.25) is 0 Å². The molecule has 0 bridgehead atoms. The Labute approximate surface area is 258 Å². The summed E-state index contributed by atoms with van der Waals surface area (Å²) in [6.07, 6.45) is 0. The van der Waals surface area contributed by atoms with E-state index >= 15 is 0 Å². The third-order valence-electron chi connectivity index (χ3n) is 9.09. The fraction of sp³-hybridized carbons (Fsp3) is 0.100. The Morgan fingerprint density at radius 1 is 0.349 bits per heavy atom. The van der Waals surface area contributed by atoms with Crippen molar-refractivity contribution in [3.05, 3.63) is 191 Å². The number of benzene rings is 6. The molecule has 0 atom stereocenters. The van der Waals surface area contributed by atoms with Gasteiger partial charge in [0.1, 0.15) is 0 Å². The third kappa shape index (κ3) is 4.56. The van der Waals surface area contributed by atoms with Crippen molar-refractivity contribution in [1.82, 2.24) is 0 Å². The molecule has 6 aromatic carbocycles. The average molecular weight is 663 g/mol. The topological polar surface area (TPSA) is 18.5 Å². The number of rotatable bonds is 8. The van der Waals surface area contributed by atoms with Crippen molar-refractivity contribution >= 4 is 19.2 Å². The van der Waals surface area contributed by atoms with E-state index < -0.39 is 19.2 Å². The Morgan fingerprint density at radius 3 is 0.953 bits per heavy atom. The second kappa shape index (κ2) is 11.3. The third-order valence-corrected chi connectivity index (χ3v) is 20.6. The molecule has 208 valence electrons. The molecule has 0 unspecified atom stereocenters. The molecule has 3 heteroatoms. The summed E-state index contributed by atoms with van der Waals surface area (Å²) in [7, 11) is 0. The second-order valence-corrected chi connectivity index (χ2v) is 20.5. The summed E-state index contributed by atoms with van der Waals surface area (Å²) in [5, 5.41) is 0. The normalized spacial score (nSPS) is 13.8. The van der Waals surface area contributed by atoms with Crippen LogP contribution in [0, 0.1) is 0 Å². The minimum atomic E-state index is -4.45. The molecule has 0 aliphatic heterocycles. The molecule has 0 saturated carbocycles. The fourth-order valence-electron chi connectivity index (χ4n) is 7.26. The van der Waals surface area contributed by atoms with Crippen molar-refractivity contribution in [1.29, 1.82) is 0 Å². The predicted molar refractivity (Wildman–Crippen MR) is 176 cm³/mol. The molecule has 0 saturated heterocycles. The Balaban J connectivity index is 1.40. The first kappa shape index (κ1) is 26.7. The van der Waals surface area contributed by atoms with Gasteiger partial charge in [0.15, 0.2) is 0 Å². The Kier molecular flexibility index (Phi) is 6.99. The Morgan fingerprint density at radius 2 is 0.628 bits per heavy atom. The van der Waals surface area contributed by atoms with Crippen molar-refractivity contribution in [3.63, 3.8) is 0 Å². The molecule has 6 aromatic rings. The zero-order chi connectivity index (χ0) is 28.6. The van der Waals surface area contributed by atoms with Crippen LogP contribution in [0.1, 0.15) is 41.2 Å². The van der Waals surface area contributed by atoms with Gasteiger partial charge in [-0.25, -0.2) is 0 Å². The monoisotopic (exact) mass is 664 g/mol. The maximum absolute atomic E-state index is 7.62. The molecule has 0 radical (unpaired) electrons. The summed E-state index contributed by atoms with van der Waals surface area (Å²) >= 11 is -4.45. The van der Waals surface area contributed by atoms with Crippen molar-refractivity contribution in [2.45, 2.75) is 21.1 Å². The van der Waals surface area contributed by atoms with Crippen LogP contribution in [0.5, 0.6) is 0 Å². The van der Waals surface area contributed by atoms with Crippen LogP contribution >= 0.6 is 0 Å². The maximum atomic E-state index is 7.62. The fourth-order valence-corrected chi connectivity index (χ4v) is 20.4. The summed E-state index contributed by atoms with van der Waals surface area (Å²) in [4.78, 5) is 0. The Hall–Kier alpha value is -3.96. The molecule has 0 N–H and O–H groups in total. The summed E-state index contributed by atoms with van der Waals surface area (Å²) in [5.41, 5.74) is 12.9. The summed E-state index contributed by atoms with van der Waals surface area (Å²) in [6, 6.07) is 56.9. The van der Waals surface area contributed by atoms with Gasteiger partial charge in [-0.05, 0) is 0 Å². The number of hydrogen-bond donors (Lipinski definition) is 0. The van der Waals surface area contributed by atoms with Gasteiger partial charge in [-0.2, -0.15) is 0 Å². The van der Waals surface area contributed by atoms with E-state index in [2.05, 4.69) is 158 Å². The van der Waals surface area contributed by atoms with Gasteiger partial charge in [-0.1, -0.05) is 0 Å². The predicted octanol–water partition coefficient (Wildman–Crippen LogP) is 9.57. The van der Waals surface area contributed by atoms with Gasteiger partial charge in [0.25, 0.3) is 0 Å². The van der Waals surface area contributed by atoms with Gasteiger partial charge >= 0.3 is 260 Å². The van der Waals surface area contributed by atoms with E-state index in [4.69, 9.17) is 6.15 Å². The van der Waals surface area contributed by atoms with Crippen LogP contribution in [0.2, 0.25) is 0 Å². The zero-order valence-corrected chi connectivity index (χ0v) is 26.8. The molecular weight excluding hydrogens is 631 g/mol. The van der Waals surface area contributed by atoms with Crippen LogP contribution in [0.4, 0.5) is 0 Å². The average Bonchev–Trinajstić information content (AvgIpc) is 3.60. The second-order valence-electron chi connectivity index (χ2n) is 11.5. The van der Waals surface area contributed by atoms with Crippen LogP contribution in [-0.2, 0) is 19.4 Å². The van der Waals surface area contributed by atoms with Gasteiger partial charge < -0.3 is 0 Å². The first-order valence-corrected chi connectivity index (χ1v) is 20.7. The van der Waals surface area contributed by atoms with Crippen LogP contribution in [0.25, 0.3) is 22.3 Å². The van der Waals surface area contributed by atoms with E-state index in [1.165, 1.54) is 55.6 Å². The minimum absolute atomic E-state index is 0.0540. The van der Waals surface area contributed by atoms with Crippen LogP contribution in [0.15, 0.2) is 158 Å². The summed E-state index contributed by atoms with van der Waals surface area (Å²) in [5.74, 6) is 0. The van der Waals surface area contributed by atoms with Gasteiger partial charge in [0.2, 0.25) is 0 Å². The van der Waals surface area contributed by atoms with Crippen molar-refractivity contribution < 1.29 is 6.15 Å². The van der Waals surface area contributed by atoms with E-state index in [0.717, 1.165) is 0 Å². The SMILES string of the molecule is c1ccc(C[O][Sn]([O]Cc2ccccc2)([CH]2c3ccccc3-c3ccccc32)[CH]2c3ccccc3-c3ccccc32)cc1. The molecule has 43 heavy (non-hydrogen) atoms. The van der Waals surface area contributed by atoms with E-state index in [1.807, 2.05) is 0 Å². The van der Waals surface area contributed by atoms with Crippen LogP contribution < -0.4 is 0 Å². The Bertz CT molecular complexity index is 1670. The first-order chi connectivity index (χ1) is 21.3. The molecular formula is C40H32O2Sn. The van der Waals surface area contributed by atoms with Crippen LogP contribution in [0.3, 0.4) is 0 Å². The molecule has 0 aromatic heterocycles. The molecule has 8 rings (SSSR count). The van der Waals surface area contributed by atoms with E-state index in [9.17, 15) is 0 Å². The molecule has 0 fully saturated rings. The molecule has 0 spiro atoms. The summed E-state index contributed by atoms with van der Waals surface area (Å²) in [6.45, 7) is 1.04. The van der Waals surface area contributed by atoms with Crippen molar-refractivity contribution in [2.24, 2.45) is 0 Å².